The molecule has 1 atom stereocenters. The fourth-order valence-electron chi connectivity index (χ4n) is 3.33. The standard InChI is InChI=1S/C15H28N4O3S/c1-12-14(15(22-5)18(4)16-12)13-8-6-9-19(13)10-7-11-23(20,21)17(2)3/h13H,6-11H2,1-5H3/t13-/m0/s1. The van der Waals surface area contributed by atoms with E-state index in [0.29, 0.717) is 6.42 Å². The molecule has 1 aromatic heterocycles. The predicted octanol–water partition coefficient (Wildman–Crippen LogP) is 1.16. The maximum Gasteiger partial charge on any atom is 0.216 e. The molecule has 1 aliphatic heterocycles. The van der Waals surface area contributed by atoms with Crippen molar-refractivity contribution < 1.29 is 13.2 Å². The first kappa shape index (κ1) is 18.2. The van der Waals surface area contributed by atoms with Gasteiger partial charge in [-0.3, -0.25) is 4.90 Å². The summed E-state index contributed by atoms with van der Waals surface area (Å²) in [5.41, 5.74) is 2.13. The number of aromatic nitrogens is 2. The second kappa shape index (κ2) is 7.19. The fraction of sp³-hybridized carbons (Fsp3) is 0.800. The molecule has 0 N–H and O–H groups in total. The average molecular weight is 344 g/mol. The summed E-state index contributed by atoms with van der Waals surface area (Å²) < 4.78 is 32.4. The Balaban J connectivity index is 2.07. The number of sulfonamides is 1. The summed E-state index contributed by atoms with van der Waals surface area (Å²) in [7, 11) is 3.60. The Morgan fingerprint density at radius 2 is 2.09 bits per heavy atom. The van der Waals surface area contributed by atoms with Gasteiger partial charge < -0.3 is 4.74 Å². The third-order valence-corrected chi connectivity index (χ3v) is 6.43. The molecular weight excluding hydrogens is 316 g/mol. The smallest absolute Gasteiger partial charge is 0.216 e. The van der Waals surface area contributed by atoms with E-state index in [-0.39, 0.29) is 11.8 Å². The monoisotopic (exact) mass is 344 g/mol. The highest BCUT2D eigenvalue weighted by Gasteiger charge is 2.32. The molecule has 7 nitrogen and oxygen atoms in total. The normalized spacial score (nSPS) is 19.7. The number of hydrogen-bond donors (Lipinski definition) is 0. The van der Waals surface area contributed by atoms with Crippen LogP contribution < -0.4 is 4.74 Å². The maximum absolute atomic E-state index is 11.9. The van der Waals surface area contributed by atoms with E-state index in [1.165, 1.54) is 4.31 Å². The second-order valence-corrected chi connectivity index (χ2v) is 8.58. The van der Waals surface area contributed by atoms with Crippen LogP contribution in [0.3, 0.4) is 0 Å². The van der Waals surface area contributed by atoms with Gasteiger partial charge in [0, 0.05) is 27.2 Å². The first-order chi connectivity index (χ1) is 10.8. The number of ether oxygens (including phenoxy) is 1. The summed E-state index contributed by atoms with van der Waals surface area (Å²) >= 11 is 0. The molecule has 1 fully saturated rings. The van der Waals surface area contributed by atoms with Gasteiger partial charge in [0.2, 0.25) is 15.9 Å². The third kappa shape index (κ3) is 3.87. The summed E-state index contributed by atoms with van der Waals surface area (Å²) in [4.78, 5) is 2.36. The van der Waals surface area contributed by atoms with Crippen molar-refractivity contribution in [3.8, 4) is 5.88 Å². The number of rotatable bonds is 7. The molecule has 1 aromatic rings. The van der Waals surface area contributed by atoms with E-state index in [1.54, 1.807) is 25.9 Å². The van der Waals surface area contributed by atoms with Gasteiger partial charge in [-0.15, -0.1) is 0 Å². The molecule has 0 spiro atoms. The summed E-state index contributed by atoms with van der Waals surface area (Å²) in [6, 6.07) is 0.265. The molecule has 23 heavy (non-hydrogen) atoms. The highest BCUT2D eigenvalue weighted by atomic mass is 32.2. The molecule has 1 aliphatic rings. The minimum absolute atomic E-state index is 0.187. The molecule has 132 valence electrons. The first-order valence-electron chi connectivity index (χ1n) is 7.99. The van der Waals surface area contributed by atoms with Gasteiger partial charge in [0.05, 0.1) is 24.1 Å². The van der Waals surface area contributed by atoms with Crippen molar-refractivity contribution in [1.29, 1.82) is 0 Å². The van der Waals surface area contributed by atoms with E-state index in [1.807, 2.05) is 14.0 Å². The number of aryl methyl sites for hydroxylation is 2. The molecule has 8 heteroatoms. The Bertz CT molecular complexity index is 639. The Labute approximate surface area is 139 Å². The lowest BCUT2D eigenvalue weighted by molar-refractivity contribution is 0.249. The summed E-state index contributed by atoms with van der Waals surface area (Å²) in [5.74, 6) is 0.993. The van der Waals surface area contributed by atoms with Gasteiger partial charge in [-0.1, -0.05) is 0 Å². The van der Waals surface area contributed by atoms with Crippen molar-refractivity contribution in [1.82, 2.24) is 19.0 Å². The zero-order chi connectivity index (χ0) is 17.2. The molecule has 0 radical (unpaired) electrons. The van der Waals surface area contributed by atoms with Crippen LogP contribution in [0.15, 0.2) is 0 Å². The van der Waals surface area contributed by atoms with E-state index in [2.05, 4.69) is 10.00 Å². The lowest BCUT2D eigenvalue weighted by Crippen LogP contribution is -2.29. The largest absolute Gasteiger partial charge is 0.481 e. The van der Waals surface area contributed by atoms with Crippen LogP contribution in [0, 0.1) is 6.92 Å². The lowest BCUT2D eigenvalue weighted by Gasteiger charge is -2.25. The number of nitrogens with zero attached hydrogens (tertiary/aromatic N) is 4. The van der Waals surface area contributed by atoms with Crippen molar-refractivity contribution in [2.45, 2.75) is 32.2 Å². The molecule has 1 saturated heterocycles. The van der Waals surface area contributed by atoms with Gasteiger partial charge in [-0.25, -0.2) is 17.4 Å². The molecule has 0 saturated carbocycles. The van der Waals surface area contributed by atoms with Crippen molar-refractivity contribution in [3.05, 3.63) is 11.3 Å². The lowest BCUT2D eigenvalue weighted by atomic mass is 10.0. The fourth-order valence-corrected chi connectivity index (χ4v) is 4.19. The highest BCUT2D eigenvalue weighted by Crippen LogP contribution is 2.38. The topological polar surface area (TPSA) is 67.7 Å². The highest BCUT2D eigenvalue weighted by molar-refractivity contribution is 7.89. The predicted molar refractivity (Wildman–Crippen MR) is 90.1 cm³/mol. The van der Waals surface area contributed by atoms with Crippen LogP contribution in [-0.4, -0.2) is 67.5 Å². The van der Waals surface area contributed by atoms with E-state index in [9.17, 15) is 8.42 Å². The number of methoxy groups -OCH3 is 1. The maximum atomic E-state index is 11.9. The molecule has 0 bridgehead atoms. The van der Waals surface area contributed by atoms with Gasteiger partial charge in [-0.05, 0) is 39.3 Å². The van der Waals surface area contributed by atoms with Crippen LogP contribution in [0.5, 0.6) is 5.88 Å². The molecule has 0 aromatic carbocycles. The van der Waals surface area contributed by atoms with E-state index < -0.39 is 10.0 Å². The van der Waals surface area contributed by atoms with Crippen molar-refractivity contribution in [3.63, 3.8) is 0 Å². The first-order valence-corrected chi connectivity index (χ1v) is 9.60. The van der Waals surface area contributed by atoms with Gasteiger partial charge in [0.25, 0.3) is 0 Å². The quantitative estimate of drug-likeness (QED) is 0.742. The minimum Gasteiger partial charge on any atom is -0.481 e. The Morgan fingerprint density at radius 1 is 1.39 bits per heavy atom. The Morgan fingerprint density at radius 3 is 2.70 bits per heavy atom. The van der Waals surface area contributed by atoms with Gasteiger partial charge in [0.15, 0.2) is 0 Å². The van der Waals surface area contributed by atoms with E-state index in [4.69, 9.17) is 4.74 Å². The van der Waals surface area contributed by atoms with Crippen LogP contribution in [0.1, 0.15) is 36.6 Å². The van der Waals surface area contributed by atoms with Crippen molar-refractivity contribution >= 4 is 10.0 Å². The van der Waals surface area contributed by atoms with Crippen LogP contribution in [0.25, 0.3) is 0 Å². The van der Waals surface area contributed by atoms with E-state index in [0.717, 1.165) is 43.1 Å². The molecular formula is C15H28N4O3S. The summed E-state index contributed by atoms with van der Waals surface area (Å²) in [6.45, 7) is 3.77. The van der Waals surface area contributed by atoms with Crippen molar-refractivity contribution in [2.75, 3.05) is 40.0 Å². The number of likely N-dealkylation sites (tertiary alicyclic amines) is 1. The zero-order valence-electron chi connectivity index (χ0n) is 14.7. The number of hydrogen-bond acceptors (Lipinski definition) is 5. The van der Waals surface area contributed by atoms with Crippen molar-refractivity contribution in [2.24, 2.45) is 7.05 Å². The summed E-state index contributed by atoms with van der Waals surface area (Å²) in [5, 5.41) is 4.47. The van der Waals surface area contributed by atoms with Crippen LogP contribution in [0.2, 0.25) is 0 Å². The third-order valence-electron chi connectivity index (χ3n) is 4.51. The molecule has 0 unspecified atom stereocenters. The summed E-state index contributed by atoms with van der Waals surface area (Å²) in [6.07, 6.45) is 2.81. The zero-order valence-corrected chi connectivity index (χ0v) is 15.6. The SMILES string of the molecule is COc1c([C@@H]2CCCN2CCCS(=O)(=O)N(C)C)c(C)nn1C. The molecule has 2 rings (SSSR count). The second-order valence-electron chi connectivity index (χ2n) is 6.28. The van der Waals surface area contributed by atoms with Crippen LogP contribution >= 0.6 is 0 Å². The van der Waals surface area contributed by atoms with Gasteiger partial charge in [0.1, 0.15) is 0 Å². The Hall–Kier alpha value is -1.12. The van der Waals surface area contributed by atoms with Gasteiger partial charge >= 0.3 is 0 Å². The van der Waals surface area contributed by atoms with Crippen LogP contribution in [-0.2, 0) is 17.1 Å². The van der Waals surface area contributed by atoms with Crippen LogP contribution in [0.4, 0.5) is 0 Å². The Kier molecular flexibility index (Phi) is 5.70. The average Bonchev–Trinajstić information content (AvgIpc) is 3.01. The molecule has 0 amide bonds. The molecule has 0 aliphatic carbocycles. The van der Waals surface area contributed by atoms with Gasteiger partial charge in [-0.2, -0.15) is 5.10 Å². The molecule has 2 heterocycles. The minimum atomic E-state index is -3.12. The van der Waals surface area contributed by atoms with E-state index >= 15 is 0 Å².